The van der Waals surface area contributed by atoms with Crippen molar-refractivity contribution in [2.75, 3.05) is 23.7 Å². The predicted molar refractivity (Wildman–Crippen MR) is 77.1 cm³/mol. The highest BCUT2D eigenvalue weighted by Crippen LogP contribution is 2.31. The number of anilines is 2. The largest absolute Gasteiger partial charge is 0.396 e. The summed E-state index contributed by atoms with van der Waals surface area (Å²) < 4.78 is 0. The van der Waals surface area contributed by atoms with Gasteiger partial charge in [0.2, 0.25) is 0 Å². The first kappa shape index (κ1) is 12.0. The van der Waals surface area contributed by atoms with Crippen molar-refractivity contribution < 1.29 is 0 Å². The fourth-order valence-corrected chi connectivity index (χ4v) is 2.73. The van der Waals surface area contributed by atoms with Crippen LogP contribution in [0.5, 0.6) is 0 Å². The first-order valence-corrected chi connectivity index (χ1v) is 6.70. The third-order valence-electron chi connectivity index (χ3n) is 3.79. The van der Waals surface area contributed by atoms with Crippen molar-refractivity contribution in [3.63, 3.8) is 0 Å². The lowest BCUT2D eigenvalue weighted by Crippen LogP contribution is -2.34. The molecule has 1 aliphatic heterocycles. The van der Waals surface area contributed by atoms with Gasteiger partial charge in [-0.25, -0.2) is 4.98 Å². The summed E-state index contributed by atoms with van der Waals surface area (Å²) in [5.74, 6) is 1.56. The molecule has 0 bridgehead atoms. The van der Waals surface area contributed by atoms with Crippen molar-refractivity contribution in [2.45, 2.75) is 18.8 Å². The number of piperidine rings is 1. The van der Waals surface area contributed by atoms with Gasteiger partial charge < -0.3 is 10.6 Å². The second-order valence-electron chi connectivity index (χ2n) is 4.96. The van der Waals surface area contributed by atoms with E-state index in [9.17, 15) is 0 Å². The minimum absolute atomic E-state index is 0.629. The molecule has 2 aromatic rings. The normalized spacial score (nSPS) is 16.5. The van der Waals surface area contributed by atoms with Crippen LogP contribution in [0.2, 0.25) is 0 Å². The molecule has 0 aliphatic carbocycles. The number of nitrogens with zero attached hydrogens (tertiary/aromatic N) is 3. The highest BCUT2D eigenvalue weighted by Gasteiger charge is 2.22. The van der Waals surface area contributed by atoms with Crippen molar-refractivity contribution in [1.82, 2.24) is 9.97 Å². The third kappa shape index (κ3) is 2.52. The minimum Gasteiger partial charge on any atom is -0.396 e. The summed E-state index contributed by atoms with van der Waals surface area (Å²) in [4.78, 5) is 10.8. The Labute approximate surface area is 113 Å². The standard InChI is InChI=1S/C15H18N4/c16-14-2-1-7-18-15(14)19-10-5-13(6-11-19)12-3-8-17-9-4-12/h1-4,7-9,13H,5-6,10-11,16H2. The fraction of sp³-hybridized carbons (Fsp3) is 0.333. The minimum atomic E-state index is 0.629. The zero-order valence-corrected chi connectivity index (χ0v) is 10.9. The lowest BCUT2D eigenvalue weighted by molar-refractivity contribution is 0.503. The smallest absolute Gasteiger partial charge is 0.151 e. The Balaban J connectivity index is 1.69. The Morgan fingerprint density at radius 3 is 2.47 bits per heavy atom. The Morgan fingerprint density at radius 2 is 1.79 bits per heavy atom. The first-order chi connectivity index (χ1) is 9.34. The molecule has 3 rings (SSSR count). The van der Waals surface area contributed by atoms with E-state index in [-0.39, 0.29) is 0 Å². The van der Waals surface area contributed by atoms with Crippen LogP contribution >= 0.6 is 0 Å². The van der Waals surface area contributed by atoms with E-state index in [4.69, 9.17) is 5.73 Å². The van der Waals surface area contributed by atoms with E-state index in [0.29, 0.717) is 5.92 Å². The second-order valence-corrected chi connectivity index (χ2v) is 4.96. The van der Waals surface area contributed by atoms with E-state index < -0.39 is 0 Å². The molecule has 0 radical (unpaired) electrons. The molecule has 2 aromatic heterocycles. The van der Waals surface area contributed by atoms with Gasteiger partial charge in [-0.1, -0.05) is 0 Å². The van der Waals surface area contributed by atoms with Gasteiger partial charge in [0.1, 0.15) is 0 Å². The molecule has 0 spiro atoms. The zero-order valence-electron chi connectivity index (χ0n) is 10.9. The maximum atomic E-state index is 5.98. The van der Waals surface area contributed by atoms with Gasteiger partial charge >= 0.3 is 0 Å². The summed E-state index contributed by atoms with van der Waals surface area (Å²) >= 11 is 0. The van der Waals surface area contributed by atoms with Crippen molar-refractivity contribution in [3.8, 4) is 0 Å². The van der Waals surface area contributed by atoms with Gasteiger partial charge in [0.15, 0.2) is 5.82 Å². The molecule has 0 unspecified atom stereocenters. The summed E-state index contributed by atoms with van der Waals surface area (Å²) in [6.07, 6.45) is 7.83. The molecule has 0 saturated carbocycles. The third-order valence-corrected chi connectivity index (χ3v) is 3.79. The lowest BCUT2D eigenvalue weighted by Gasteiger charge is -2.33. The van der Waals surface area contributed by atoms with Gasteiger partial charge in [-0.05, 0) is 48.6 Å². The van der Waals surface area contributed by atoms with Crippen LogP contribution in [-0.2, 0) is 0 Å². The van der Waals surface area contributed by atoms with Crippen LogP contribution in [0.1, 0.15) is 24.3 Å². The van der Waals surface area contributed by atoms with Gasteiger partial charge in [-0.2, -0.15) is 0 Å². The summed E-state index contributed by atoms with van der Waals surface area (Å²) in [5.41, 5.74) is 8.15. The van der Waals surface area contributed by atoms with Crippen LogP contribution in [0.15, 0.2) is 42.9 Å². The van der Waals surface area contributed by atoms with E-state index in [1.165, 1.54) is 5.56 Å². The van der Waals surface area contributed by atoms with Gasteiger partial charge in [-0.15, -0.1) is 0 Å². The van der Waals surface area contributed by atoms with E-state index in [1.54, 1.807) is 6.20 Å². The number of aromatic nitrogens is 2. The molecular formula is C15H18N4. The fourth-order valence-electron chi connectivity index (χ4n) is 2.73. The van der Waals surface area contributed by atoms with Gasteiger partial charge in [0, 0.05) is 31.7 Å². The highest BCUT2D eigenvalue weighted by molar-refractivity contribution is 5.62. The predicted octanol–water partition coefficient (Wildman–Crippen LogP) is 2.44. The van der Waals surface area contributed by atoms with Gasteiger partial charge in [0.05, 0.1) is 5.69 Å². The van der Waals surface area contributed by atoms with Crippen LogP contribution in [0.25, 0.3) is 0 Å². The van der Waals surface area contributed by atoms with Crippen molar-refractivity contribution in [2.24, 2.45) is 0 Å². The molecule has 0 atom stereocenters. The molecule has 3 heterocycles. The Morgan fingerprint density at radius 1 is 1.05 bits per heavy atom. The quantitative estimate of drug-likeness (QED) is 0.894. The molecule has 1 fully saturated rings. The number of nitrogens with two attached hydrogens (primary N) is 1. The molecule has 1 saturated heterocycles. The number of nitrogen functional groups attached to an aromatic ring is 1. The number of hydrogen-bond donors (Lipinski definition) is 1. The zero-order chi connectivity index (χ0) is 13.1. The Bertz CT molecular complexity index is 533. The van der Waals surface area contributed by atoms with Gasteiger partial charge in [-0.3, -0.25) is 4.98 Å². The molecule has 1 aliphatic rings. The summed E-state index contributed by atoms with van der Waals surface area (Å²) in [5, 5.41) is 0. The van der Waals surface area contributed by atoms with Crippen LogP contribution in [0, 0.1) is 0 Å². The molecule has 98 valence electrons. The molecule has 0 amide bonds. The van der Waals surface area contributed by atoms with Crippen molar-refractivity contribution in [1.29, 1.82) is 0 Å². The Kier molecular flexibility index (Phi) is 3.31. The SMILES string of the molecule is Nc1cccnc1N1CCC(c2ccncc2)CC1. The number of pyridine rings is 2. The molecule has 4 nitrogen and oxygen atoms in total. The van der Waals surface area contributed by atoms with E-state index in [0.717, 1.165) is 37.4 Å². The maximum Gasteiger partial charge on any atom is 0.151 e. The highest BCUT2D eigenvalue weighted by atomic mass is 15.2. The first-order valence-electron chi connectivity index (χ1n) is 6.70. The summed E-state index contributed by atoms with van der Waals surface area (Å²) in [6, 6.07) is 8.03. The molecule has 2 N–H and O–H groups in total. The Hall–Kier alpha value is -2.10. The van der Waals surface area contributed by atoms with E-state index >= 15 is 0 Å². The molecule has 4 heteroatoms. The summed E-state index contributed by atoms with van der Waals surface area (Å²) in [6.45, 7) is 2.02. The van der Waals surface area contributed by atoms with Crippen LogP contribution in [0.3, 0.4) is 0 Å². The molecule has 0 aromatic carbocycles. The van der Waals surface area contributed by atoms with Crippen molar-refractivity contribution >= 4 is 11.5 Å². The van der Waals surface area contributed by atoms with Crippen molar-refractivity contribution in [3.05, 3.63) is 48.4 Å². The van der Waals surface area contributed by atoms with Crippen LogP contribution < -0.4 is 10.6 Å². The monoisotopic (exact) mass is 254 g/mol. The number of hydrogen-bond acceptors (Lipinski definition) is 4. The molecule has 19 heavy (non-hydrogen) atoms. The second kappa shape index (κ2) is 5.26. The lowest BCUT2D eigenvalue weighted by atomic mass is 9.90. The van der Waals surface area contributed by atoms with Gasteiger partial charge in [0.25, 0.3) is 0 Å². The van der Waals surface area contributed by atoms with Crippen LogP contribution in [0.4, 0.5) is 11.5 Å². The average molecular weight is 254 g/mol. The number of rotatable bonds is 2. The van der Waals surface area contributed by atoms with Crippen LogP contribution in [-0.4, -0.2) is 23.1 Å². The topological polar surface area (TPSA) is 55.0 Å². The summed E-state index contributed by atoms with van der Waals surface area (Å²) in [7, 11) is 0. The average Bonchev–Trinajstić information content (AvgIpc) is 2.49. The maximum absolute atomic E-state index is 5.98. The van der Waals surface area contributed by atoms with E-state index in [2.05, 4.69) is 27.0 Å². The van der Waals surface area contributed by atoms with E-state index in [1.807, 2.05) is 24.5 Å². The molecular weight excluding hydrogens is 236 g/mol.